The van der Waals surface area contributed by atoms with Crippen LogP contribution in [0.3, 0.4) is 0 Å². The molecular weight excluding hydrogens is 246 g/mol. The van der Waals surface area contributed by atoms with Crippen LogP contribution in [0.25, 0.3) is 0 Å². The smallest absolute Gasteiger partial charge is 0.308 e. The number of hydrogen-bond acceptors (Lipinski definition) is 3. The number of aliphatic carboxylic acids is 1. The third-order valence-electron chi connectivity index (χ3n) is 2.53. The van der Waals surface area contributed by atoms with Crippen LogP contribution in [0.2, 0.25) is 4.34 Å². The van der Waals surface area contributed by atoms with E-state index < -0.39 is 5.97 Å². The minimum atomic E-state index is -0.746. The molecule has 1 N–H and O–H groups in total. The Hall–Kier alpha value is -0.740. The van der Waals surface area contributed by atoms with Crippen molar-refractivity contribution in [2.75, 3.05) is 18.5 Å². The van der Waals surface area contributed by atoms with E-state index in [4.69, 9.17) is 16.7 Å². The lowest BCUT2D eigenvalue weighted by Crippen LogP contribution is -2.33. The number of carboxylic acid groups (broad SMARTS) is 1. The Kier molecular flexibility index (Phi) is 4.62. The average molecular weight is 262 g/mol. The zero-order valence-corrected chi connectivity index (χ0v) is 11.2. The number of carboxylic acids is 1. The van der Waals surface area contributed by atoms with Gasteiger partial charge in [0.1, 0.15) is 0 Å². The lowest BCUT2D eigenvalue weighted by molar-refractivity contribution is -0.142. The Morgan fingerprint density at radius 3 is 2.56 bits per heavy atom. The third kappa shape index (κ3) is 3.39. The number of nitrogens with zero attached hydrogens (tertiary/aromatic N) is 1. The molecule has 0 aromatic carbocycles. The molecule has 0 saturated carbocycles. The molecule has 0 aliphatic rings. The fourth-order valence-electron chi connectivity index (χ4n) is 1.47. The van der Waals surface area contributed by atoms with Crippen LogP contribution in [-0.2, 0) is 4.79 Å². The largest absolute Gasteiger partial charge is 0.481 e. The van der Waals surface area contributed by atoms with Crippen LogP contribution in [0.4, 0.5) is 5.00 Å². The van der Waals surface area contributed by atoms with Gasteiger partial charge in [-0.15, -0.1) is 11.3 Å². The van der Waals surface area contributed by atoms with Crippen LogP contribution in [0.15, 0.2) is 12.1 Å². The van der Waals surface area contributed by atoms with Gasteiger partial charge < -0.3 is 10.0 Å². The molecular formula is C11H16ClNO2S. The highest BCUT2D eigenvalue weighted by atomic mass is 35.5. The quantitative estimate of drug-likeness (QED) is 0.885. The minimum absolute atomic E-state index is 0.121. The van der Waals surface area contributed by atoms with Gasteiger partial charge in [-0.2, -0.15) is 0 Å². The molecule has 1 rings (SSSR count). The van der Waals surface area contributed by atoms with Crippen molar-refractivity contribution in [1.29, 1.82) is 0 Å². The SMILES string of the molecule is CC(C)C(CN(C)c1ccc(Cl)s1)C(=O)O. The maximum atomic E-state index is 11.1. The van der Waals surface area contributed by atoms with Gasteiger partial charge >= 0.3 is 5.97 Å². The Morgan fingerprint density at radius 2 is 2.19 bits per heavy atom. The molecule has 0 spiro atoms. The molecule has 16 heavy (non-hydrogen) atoms. The summed E-state index contributed by atoms with van der Waals surface area (Å²) < 4.78 is 0.721. The second-order valence-electron chi connectivity index (χ2n) is 4.15. The maximum absolute atomic E-state index is 11.1. The first kappa shape index (κ1) is 13.3. The van der Waals surface area contributed by atoms with Gasteiger partial charge in [-0.05, 0) is 18.1 Å². The molecule has 0 radical (unpaired) electrons. The van der Waals surface area contributed by atoms with Gasteiger partial charge in [0.05, 0.1) is 15.3 Å². The van der Waals surface area contributed by atoms with Gasteiger partial charge in [-0.25, -0.2) is 0 Å². The molecule has 0 aliphatic carbocycles. The molecule has 0 fully saturated rings. The zero-order chi connectivity index (χ0) is 12.3. The van der Waals surface area contributed by atoms with Gasteiger partial charge in [0, 0.05) is 13.6 Å². The Balaban J connectivity index is 2.68. The van der Waals surface area contributed by atoms with Crippen molar-refractivity contribution in [2.45, 2.75) is 13.8 Å². The van der Waals surface area contributed by atoms with Gasteiger partial charge in [0.2, 0.25) is 0 Å². The summed E-state index contributed by atoms with van der Waals surface area (Å²) in [6.07, 6.45) is 0. The molecule has 1 aromatic rings. The van der Waals surface area contributed by atoms with Gasteiger partial charge in [-0.3, -0.25) is 4.79 Å². The first-order valence-electron chi connectivity index (χ1n) is 5.11. The summed E-state index contributed by atoms with van der Waals surface area (Å²) in [5.41, 5.74) is 0. The zero-order valence-electron chi connectivity index (χ0n) is 9.61. The van der Waals surface area contributed by atoms with Crippen LogP contribution in [0.1, 0.15) is 13.8 Å². The predicted molar refractivity (Wildman–Crippen MR) is 68.6 cm³/mol. The Bertz CT molecular complexity index is 365. The summed E-state index contributed by atoms with van der Waals surface area (Å²) in [6.45, 7) is 4.35. The van der Waals surface area contributed by atoms with E-state index in [1.54, 1.807) is 0 Å². The first-order valence-corrected chi connectivity index (χ1v) is 6.30. The topological polar surface area (TPSA) is 40.5 Å². The van der Waals surface area contributed by atoms with E-state index in [0.717, 1.165) is 9.34 Å². The summed E-state index contributed by atoms with van der Waals surface area (Å²) >= 11 is 7.30. The van der Waals surface area contributed by atoms with E-state index in [1.165, 1.54) is 11.3 Å². The van der Waals surface area contributed by atoms with E-state index in [9.17, 15) is 4.79 Å². The van der Waals surface area contributed by atoms with E-state index in [1.807, 2.05) is 37.9 Å². The number of thiophene rings is 1. The fourth-order valence-corrected chi connectivity index (χ4v) is 2.47. The predicted octanol–water partition coefficient (Wildman–Crippen LogP) is 3.19. The van der Waals surface area contributed by atoms with E-state index in [-0.39, 0.29) is 11.8 Å². The van der Waals surface area contributed by atoms with E-state index >= 15 is 0 Å². The lowest BCUT2D eigenvalue weighted by atomic mass is 9.96. The third-order valence-corrected chi connectivity index (χ3v) is 3.87. The van der Waals surface area contributed by atoms with Crippen LogP contribution in [-0.4, -0.2) is 24.7 Å². The van der Waals surface area contributed by atoms with E-state index in [0.29, 0.717) is 6.54 Å². The Morgan fingerprint density at radius 1 is 1.56 bits per heavy atom. The second-order valence-corrected chi connectivity index (χ2v) is 5.84. The number of rotatable bonds is 5. The summed E-state index contributed by atoms with van der Waals surface area (Å²) in [7, 11) is 1.89. The number of halogens is 1. The van der Waals surface area contributed by atoms with Crippen molar-refractivity contribution < 1.29 is 9.90 Å². The van der Waals surface area contributed by atoms with Crippen molar-refractivity contribution in [1.82, 2.24) is 0 Å². The Labute approximate surface area is 105 Å². The lowest BCUT2D eigenvalue weighted by Gasteiger charge is -2.24. The minimum Gasteiger partial charge on any atom is -0.481 e. The average Bonchev–Trinajstić information content (AvgIpc) is 2.59. The summed E-state index contributed by atoms with van der Waals surface area (Å²) in [5.74, 6) is -0.981. The van der Waals surface area contributed by atoms with Crippen LogP contribution in [0.5, 0.6) is 0 Å². The van der Waals surface area contributed by atoms with Crippen LogP contribution >= 0.6 is 22.9 Å². The molecule has 0 amide bonds. The van der Waals surface area contributed by atoms with Crippen molar-refractivity contribution in [2.24, 2.45) is 11.8 Å². The van der Waals surface area contributed by atoms with E-state index in [2.05, 4.69) is 0 Å². The summed E-state index contributed by atoms with van der Waals surface area (Å²) in [5, 5.41) is 10.1. The van der Waals surface area contributed by atoms with Crippen LogP contribution < -0.4 is 4.90 Å². The van der Waals surface area contributed by atoms with Crippen molar-refractivity contribution in [3.8, 4) is 0 Å². The normalized spacial score (nSPS) is 12.8. The van der Waals surface area contributed by atoms with Gasteiger partial charge in [0.25, 0.3) is 0 Å². The van der Waals surface area contributed by atoms with Crippen LogP contribution in [0, 0.1) is 11.8 Å². The number of anilines is 1. The van der Waals surface area contributed by atoms with Crippen molar-refractivity contribution in [3.63, 3.8) is 0 Å². The molecule has 0 saturated heterocycles. The highest BCUT2D eigenvalue weighted by Gasteiger charge is 2.23. The number of carbonyl (C=O) groups is 1. The molecule has 5 heteroatoms. The van der Waals surface area contributed by atoms with Crippen molar-refractivity contribution in [3.05, 3.63) is 16.5 Å². The molecule has 0 aliphatic heterocycles. The highest BCUT2D eigenvalue weighted by molar-refractivity contribution is 7.19. The summed E-state index contributed by atoms with van der Waals surface area (Å²) in [4.78, 5) is 13.0. The molecule has 1 heterocycles. The maximum Gasteiger partial charge on any atom is 0.308 e. The van der Waals surface area contributed by atoms with Gasteiger partial charge in [0.15, 0.2) is 0 Å². The van der Waals surface area contributed by atoms with Crippen molar-refractivity contribution >= 4 is 33.9 Å². The molecule has 90 valence electrons. The highest BCUT2D eigenvalue weighted by Crippen LogP contribution is 2.29. The monoisotopic (exact) mass is 261 g/mol. The first-order chi connectivity index (χ1) is 7.41. The van der Waals surface area contributed by atoms with Gasteiger partial charge in [-0.1, -0.05) is 25.4 Å². The number of hydrogen-bond donors (Lipinski definition) is 1. The molecule has 1 unspecified atom stereocenters. The molecule has 3 nitrogen and oxygen atoms in total. The standard InChI is InChI=1S/C11H16ClNO2S/c1-7(2)8(11(14)15)6-13(3)10-5-4-9(12)16-10/h4-5,7-8H,6H2,1-3H3,(H,14,15). The summed E-state index contributed by atoms with van der Waals surface area (Å²) in [6, 6.07) is 3.73. The second kappa shape index (κ2) is 5.55. The molecule has 0 bridgehead atoms. The fraction of sp³-hybridized carbons (Fsp3) is 0.545. The molecule has 1 aromatic heterocycles. The molecule has 1 atom stereocenters.